The summed E-state index contributed by atoms with van der Waals surface area (Å²) in [6.07, 6.45) is -0.315. The van der Waals surface area contributed by atoms with Gasteiger partial charge in [0.05, 0.1) is 18.5 Å². The van der Waals surface area contributed by atoms with Crippen LogP contribution in [0, 0.1) is 15.9 Å². The molecule has 0 atom stereocenters. The fourth-order valence-corrected chi connectivity index (χ4v) is 1.10. The molecule has 0 bridgehead atoms. The van der Waals surface area contributed by atoms with Gasteiger partial charge >= 0.3 is 5.97 Å². The van der Waals surface area contributed by atoms with Crippen molar-refractivity contribution in [1.29, 1.82) is 0 Å². The normalized spacial score (nSPS) is 9.73. The van der Waals surface area contributed by atoms with Gasteiger partial charge in [-0.2, -0.15) is 0 Å². The molecule has 0 unspecified atom stereocenters. The Morgan fingerprint density at radius 1 is 1.60 bits per heavy atom. The molecule has 1 rings (SSSR count). The molecule has 0 spiro atoms. The predicted octanol–water partition coefficient (Wildman–Crippen LogP) is 1.45. The van der Waals surface area contributed by atoms with Gasteiger partial charge in [-0.3, -0.25) is 14.9 Å². The zero-order chi connectivity index (χ0) is 11.4. The Kier molecular flexibility index (Phi) is 3.33. The first-order valence-electron chi connectivity index (χ1n) is 4.04. The first-order valence-corrected chi connectivity index (χ1v) is 4.04. The number of nitro benzene ring substituents is 1. The van der Waals surface area contributed by atoms with Crippen LogP contribution in [0.15, 0.2) is 18.2 Å². The third-order valence-corrected chi connectivity index (χ3v) is 1.80. The summed E-state index contributed by atoms with van der Waals surface area (Å²) in [5.41, 5.74) is -0.284. The Hall–Kier alpha value is -1.98. The van der Waals surface area contributed by atoms with Crippen LogP contribution in [0.2, 0.25) is 0 Å². The maximum atomic E-state index is 12.8. The van der Waals surface area contributed by atoms with E-state index in [9.17, 15) is 19.3 Å². The molecule has 1 aromatic carbocycles. The molecule has 0 amide bonds. The second-order valence-electron chi connectivity index (χ2n) is 2.78. The van der Waals surface area contributed by atoms with Crippen molar-refractivity contribution >= 4 is 11.7 Å². The molecular weight excluding hydrogens is 205 g/mol. The number of halogens is 1. The lowest BCUT2D eigenvalue weighted by Gasteiger charge is -2.01. The minimum atomic E-state index is -0.669. The Morgan fingerprint density at radius 3 is 2.80 bits per heavy atom. The Morgan fingerprint density at radius 2 is 2.27 bits per heavy atom. The number of carbonyl (C=O) groups excluding carboxylic acids is 1. The number of rotatable bonds is 3. The van der Waals surface area contributed by atoms with Gasteiger partial charge in [-0.1, -0.05) is 0 Å². The number of nitrogens with zero attached hydrogens (tertiary/aromatic N) is 1. The van der Waals surface area contributed by atoms with Crippen molar-refractivity contribution in [3.63, 3.8) is 0 Å². The molecule has 6 heteroatoms. The zero-order valence-electron chi connectivity index (χ0n) is 7.90. The molecule has 0 heterocycles. The fraction of sp³-hybridized carbons (Fsp3) is 0.222. The summed E-state index contributed by atoms with van der Waals surface area (Å²) in [4.78, 5) is 20.8. The van der Waals surface area contributed by atoms with Crippen LogP contribution in [0.25, 0.3) is 0 Å². The molecule has 0 N–H and O–H groups in total. The lowest BCUT2D eigenvalue weighted by molar-refractivity contribution is -0.385. The number of ether oxygens (including phenoxy) is 1. The quantitative estimate of drug-likeness (QED) is 0.433. The highest BCUT2D eigenvalue weighted by Gasteiger charge is 2.17. The molecule has 0 radical (unpaired) electrons. The smallest absolute Gasteiger partial charge is 0.310 e. The van der Waals surface area contributed by atoms with E-state index in [0.29, 0.717) is 0 Å². The predicted molar refractivity (Wildman–Crippen MR) is 48.8 cm³/mol. The summed E-state index contributed by atoms with van der Waals surface area (Å²) in [6, 6.07) is 2.95. The van der Waals surface area contributed by atoms with Crippen LogP contribution >= 0.6 is 0 Å². The van der Waals surface area contributed by atoms with Gasteiger partial charge in [0.1, 0.15) is 5.82 Å². The number of nitro groups is 1. The Balaban J connectivity index is 3.07. The molecule has 15 heavy (non-hydrogen) atoms. The van der Waals surface area contributed by atoms with Crippen molar-refractivity contribution < 1.29 is 18.8 Å². The first-order chi connectivity index (χ1) is 7.04. The third-order valence-electron chi connectivity index (χ3n) is 1.80. The highest BCUT2D eigenvalue weighted by atomic mass is 19.1. The molecule has 0 aromatic heterocycles. The van der Waals surface area contributed by atoms with E-state index >= 15 is 0 Å². The van der Waals surface area contributed by atoms with E-state index < -0.39 is 16.7 Å². The summed E-state index contributed by atoms with van der Waals surface area (Å²) in [6.45, 7) is 0. The van der Waals surface area contributed by atoms with Crippen molar-refractivity contribution in [2.45, 2.75) is 6.42 Å². The number of methoxy groups -OCH3 is 1. The van der Waals surface area contributed by atoms with E-state index in [-0.39, 0.29) is 17.7 Å². The monoisotopic (exact) mass is 213 g/mol. The van der Waals surface area contributed by atoms with Crippen LogP contribution in [-0.2, 0) is 16.0 Å². The van der Waals surface area contributed by atoms with Crippen LogP contribution in [0.4, 0.5) is 10.1 Å². The van der Waals surface area contributed by atoms with Crippen molar-refractivity contribution in [2.24, 2.45) is 0 Å². The zero-order valence-corrected chi connectivity index (χ0v) is 7.90. The van der Waals surface area contributed by atoms with E-state index in [2.05, 4.69) is 4.74 Å². The number of hydrogen-bond donors (Lipinski definition) is 0. The standard InChI is InChI=1S/C9H8FNO4/c1-15-9(12)5-6-4-7(10)2-3-8(6)11(13)14/h2-4H,5H2,1H3. The van der Waals surface area contributed by atoms with Gasteiger partial charge in [-0.25, -0.2) is 4.39 Å². The fourth-order valence-electron chi connectivity index (χ4n) is 1.10. The minimum absolute atomic E-state index is 0.00634. The summed E-state index contributed by atoms with van der Waals surface area (Å²) in [5, 5.41) is 10.5. The van der Waals surface area contributed by atoms with Gasteiger partial charge in [0, 0.05) is 11.6 Å². The highest BCUT2D eigenvalue weighted by Crippen LogP contribution is 2.20. The molecule has 0 saturated heterocycles. The van der Waals surface area contributed by atoms with Crippen molar-refractivity contribution in [3.8, 4) is 0 Å². The molecule has 0 aliphatic heterocycles. The molecular formula is C9H8FNO4. The Labute approximate surface area is 84.6 Å². The van der Waals surface area contributed by atoms with Crippen molar-refractivity contribution in [1.82, 2.24) is 0 Å². The van der Waals surface area contributed by atoms with Crippen LogP contribution in [0.3, 0.4) is 0 Å². The van der Waals surface area contributed by atoms with Crippen LogP contribution in [0.1, 0.15) is 5.56 Å². The van der Waals surface area contributed by atoms with E-state index in [1.807, 2.05) is 0 Å². The van der Waals surface area contributed by atoms with Crippen LogP contribution in [-0.4, -0.2) is 18.0 Å². The van der Waals surface area contributed by atoms with Gasteiger partial charge < -0.3 is 4.74 Å². The summed E-state index contributed by atoms with van der Waals surface area (Å²) in [7, 11) is 1.16. The van der Waals surface area contributed by atoms with Gasteiger partial charge in [0.2, 0.25) is 0 Å². The second kappa shape index (κ2) is 4.50. The molecule has 0 aliphatic carbocycles. The van der Waals surface area contributed by atoms with Gasteiger partial charge in [-0.15, -0.1) is 0 Å². The van der Waals surface area contributed by atoms with Crippen LogP contribution < -0.4 is 0 Å². The SMILES string of the molecule is COC(=O)Cc1cc(F)ccc1[N+](=O)[O-]. The summed E-state index contributed by atoms with van der Waals surface area (Å²) < 4.78 is 17.1. The Bertz CT molecular complexity index is 405. The van der Waals surface area contributed by atoms with E-state index in [4.69, 9.17) is 0 Å². The molecule has 5 nitrogen and oxygen atoms in total. The molecule has 80 valence electrons. The highest BCUT2D eigenvalue weighted by molar-refractivity contribution is 5.74. The van der Waals surface area contributed by atoms with Crippen LogP contribution in [0.5, 0.6) is 0 Å². The average Bonchev–Trinajstić information content (AvgIpc) is 2.17. The summed E-state index contributed by atoms with van der Waals surface area (Å²) >= 11 is 0. The van der Waals surface area contributed by atoms with E-state index in [1.54, 1.807) is 0 Å². The lowest BCUT2D eigenvalue weighted by atomic mass is 10.1. The number of esters is 1. The number of carbonyl (C=O) groups is 1. The topological polar surface area (TPSA) is 69.4 Å². The van der Waals surface area contributed by atoms with Crippen molar-refractivity contribution in [2.75, 3.05) is 7.11 Å². The number of hydrogen-bond acceptors (Lipinski definition) is 4. The molecule has 0 aliphatic rings. The molecule has 0 fully saturated rings. The minimum Gasteiger partial charge on any atom is -0.469 e. The first kappa shape index (κ1) is 11.1. The second-order valence-corrected chi connectivity index (χ2v) is 2.78. The summed E-state index contributed by atoms with van der Waals surface area (Å²) in [5.74, 6) is -1.27. The molecule has 1 aromatic rings. The van der Waals surface area contributed by atoms with Crippen molar-refractivity contribution in [3.05, 3.63) is 39.7 Å². The average molecular weight is 213 g/mol. The van der Waals surface area contributed by atoms with E-state index in [0.717, 1.165) is 25.3 Å². The largest absolute Gasteiger partial charge is 0.469 e. The number of benzene rings is 1. The molecule has 0 saturated carbocycles. The lowest BCUT2D eigenvalue weighted by Crippen LogP contribution is -2.07. The van der Waals surface area contributed by atoms with Gasteiger partial charge in [0.15, 0.2) is 0 Å². The van der Waals surface area contributed by atoms with Gasteiger partial charge in [-0.05, 0) is 12.1 Å². The maximum Gasteiger partial charge on any atom is 0.310 e. The maximum absolute atomic E-state index is 12.8. The third kappa shape index (κ3) is 2.73. The van der Waals surface area contributed by atoms with E-state index in [1.165, 1.54) is 0 Å². The van der Waals surface area contributed by atoms with Gasteiger partial charge in [0.25, 0.3) is 5.69 Å².